The van der Waals surface area contributed by atoms with Crippen LogP contribution in [0.4, 0.5) is 0 Å². The molecule has 134 valence electrons. The molecular weight excluding hydrogens is 332 g/mol. The number of aryl methyl sites for hydroxylation is 1. The molecule has 7 nitrogen and oxygen atoms in total. The van der Waals surface area contributed by atoms with Crippen molar-refractivity contribution in [2.24, 2.45) is 0 Å². The van der Waals surface area contributed by atoms with Gasteiger partial charge in [0.2, 0.25) is 0 Å². The Balaban J connectivity index is 1.44. The molecule has 26 heavy (non-hydrogen) atoms. The van der Waals surface area contributed by atoms with E-state index in [0.29, 0.717) is 37.5 Å². The fourth-order valence-electron chi connectivity index (χ4n) is 3.21. The second kappa shape index (κ2) is 6.67. The summed E-state index contributed by atoms with van der Waals surface area (Å²) in [5.74, 6) is 1.09. The number of carbonyl (C=O) groups excluding carboxylic acids is 2. The predicted octanol–water partition coefficient (Wildman–Crippen LogP) is 2.32. The van der Waals surface area contributed by atoms with Crippen LogP contribution in [-0.4, -0.2) is 57.8 Å². The van der Waals surface area contributed by atoms with Gasteiger partial charge in [-0.25, -0.2) is 4.98 Å². The summed E-state index contributed by atoms with van der Waals surface area (Å²) in [4.78, 5) is 36.3. The van der Waals surface area contributed by atoms with Gasteiger partial charge in [0.15, 0.2) is 5.76 Å². The average molecular weight is 352 g/mol. The average Bonchev–Trinajstić information content (AvgIpc) is 3.35. The SMILES string of the molecule is CCc1nc2ccc(C(=O)N3CCN(C(=O)c4ccco4)CC3)cc2[nH]1. The first kappa shape index (κ1) is 16.4. The molecule has 3 aromatic rings. The maximum absolute atomic E-state index is 12.8. The molecule has 1 fully saturated rings. The van der Waals surface area contributed by atoms with Gasteiger partial charge in [-0.05, 0) is 30.3 Å². The van der Waals surface area contributed by atoms with Gasteiger partial charge in [0.1, 0.15) is 5.82 Å². The number of nitrogens with zero attached hydrogens (tertiary/aromatic N) is 3. The number of rotatable bonds is 3. The maximum Gasteiger partial charge on any atom is 0.289 e. The largest absolute Gasteiger partial charge is 0.459 e. The molecule has 0 saturated carbocycles. The number of hydrogen-bond donors (Lipinski definition) is 1. The fraction of sp³-hybridized carbons (Fsp3) is 0.316. The van der Waals surface area contributed by atoms with E-state index in [1.807, 2.05) is 25.1 Å². The van der Waals surface area contributed by atoms with E-state index >= 15 is 0 Å². The number of carbonyl (C=O) groups is 2. The number of H-pyrrole nitrogens is 1. The van der Waals surface area contributed by atoms with Crippen LogP contribution in [0.2, 0.25) is 0 Å². The molecule has 0 unspecified atom stereocenters. The summed E-state index contributed by atoms with van der Waals surface area (Å²) >= 11 is 0. The van der Waals surface area contributed by atoms with Crippen LogP contribution in [0.5, 0.6) is 0 Å². The minimum atomic E-state index is -0.131. The number of benzene rings is 1. The molecule has 0 spiro atoms. The van der Waals surface area contributed by atoms with Crippen molar-refractivity contribution in [3.8, 4) is 0 Å². The molecule has 7 heteroatoms. The van der Waals surface area contributed by atoms with Crippen molar-refractivity contribution in [2.75, 3.05) is 26.2 Å². The Morgan fingerprint density at radius 3 is 2.50 bits per heavy atom. The minimum absolute atomic E-state index is 0.0235. The van der Waals surface area contributed by atoms with E-state index in [1.54, 1.807) is 21.9 Å². The Morgan fingerprint density at radius 2 is 1.85 bits per heavy atom. The Labute approximate surface area is 150 Å². The Kier molecular flexibility index (Phi) is 4.20. The monoisotopic (exact) mass is 352 g/mol. The van der Waals surface area contributed by atoms with Crippen molar-refractivity contribution in [1.29, 1.82) is 0 Å². The minimum Gasteiger partial charge on any atom is -0.459 e. The van der Waals surface area contributed by atoms with E-state index in [0.717, 1.165) is 23.3 Å². The van der Waals surface area contributed by atoms with Gasteiger partial charge in [0.25, 0.3) is 11.8 Å². The first-order chi connectivity index (χ1) is 12.7. The lowest BCUT2D eigenvalue weighted by Gasteiger charge is -2.34. The predicted molar refractivity (Wildman–Crippen MR) is 96.0 cm³/mol. The van der Waals surface area contributed by atoms with Gasteiger partial charge in [0, 0.05) is 38.2 Å². The van der Waals surface area contributed by atoms with Crippen LogP contribution in [-0.2, 0) is 6.42 Å². The number of hydrogen-bond acceptors (Lipinski definition) is 4. The summed E-state index contributed by atoms with van der Waals surface area (Å²) in [6.07, 6.45) is 2.31. The quantitative estimate of drug-likeness (QED) is 0.784. The van der Waals surface area contributed by atoms with Gasteiger partial charge >= 0.3 is 0 Å². The second-order valence-corrected chi connectivity index (χ2v) is 6.33. The van der Waals surface area contributed by atoms with Gasteiger partial charge in [0.05, 0.1) is 17.3 Å². The first-order valence-electron chi connectivity index (χ1n) is 8.76. The maximum atomic E-state index is 12.8. The molecule has 4 rings (SSSR count). The second-order valence-electron chi connectivity index (χ2n) is 6.33. The summed E-state index contributed by atoms with van der Waals surface area (Å²) in [5.41, 5.74) is 2.38. The smallest absolute Gasteiger partial charge is 0.289 e. The molecule has 0 atom stereocenters. The summed E-state index contributed by atoms with van der Waals surface area (Å²) in [6, 6.07) is 8.89. The van der Waals surface area contributed by atoms with Gasteiger partial charge < -0.3 is 19.2 Å². The highest BCUT2D eigenvalue weighted by atomic mass is 16.3. The number of furan rings is 1. The van der Waals surface area contributed by atoms with E-state index in [4.69, 9.17) is 4.42 Å². The molecule has 0 radical (unpaired) electrons. The zero-order valence-electron chi connectivity index (χ0n) is 14.6. The standard InChI is InChI=1S/C19H20N4O3/c1-2-17-20-14-6-5-13(12-15(14)21-17)18(24)22-7-9-23(10-8-22)19(25)16-4-3-11-26-16/h3-6,11-12H,2,7-10H2,1H3,(H,20,21). The van der Waals surface area contributed by atoms with E-state index in [1.165, 1.54) is 6.26 Å². The summed E-state index contributed by atoms with van der Waals surface area (Å²) in [5, 5.41) is 0. The topological polar surface area (TPSA) is 82.4 Å². The highest BCUT2D eigenvalue weighted by molar-refractivity contribution is 5.97. The van der Waals surface area contributed by atoms with Crippen molar-refractivity contribution in [3.63, 3.8) is 0 Å². The Bertz CT molecular complexity index is 937. The van der Waals surface area contributed by atoms with E-state index in [2.05, 4.69) is 9.97 Å². The molecule has 2 aromatic heterocycles. The number of piperazine rings is 1. The third-order valence-electron chi connectivity index (χ3n) is 4.70. The highest BCUT2D eigenvalue weighted by Gasteiger charge is 2.26. The molecule has 1 aromatic carbocycles. The molecule has 1 N–H and O–H groups in total. The molecule has 1 aliphatic heterocycles. The molecule has 1 saturated heterocycles. The number of fused-ring (bicyclic) bond motifs is 1. The summed E-state index contributed by atoms with van der Waals surface area (Å²) in [7, 11) is 0. The van der Waals surface area contributed by atoms with Crippen LogP contribution in [0, 0.1) is 0 Å². The van der Waals surface area contributed by atoms with Gasteiger partial charge in [-0.3, -0.25) is 9.59 Å². The Hall–Kier alpha value is -3.09. The summed E-state index contributed by atoms with van der Waals surface area (Å²) in [6.45, 7) is 4.04. The third kappa shape index (κ3) is 2.96. The number of aromatic nitrogens is 2. The first-order valence-corrected chi connectivity index (χ1v) is 8.76. The van der Waals surface area contributed by atoms with Crippen molar-refractivity contribution >= 4 is 22.8 Å². The molecular formula is C19H20N4O3. The zero-order valence-corrected chi connectivity index (χ0v) is 14.6. The van der Waals surface area contributed by atoms with Gasteiger partial charge in [-0.15, -0.1) is 0 Å². The van der Waals surface area contributed by atoms with Crippen LogP contribution in [0.1, 0.15) is 33.7 Å². The Morgan fingerprint density at radius 1 is 1.12 bits per heavy atom. The van der Waals surface area contributed by atoms with Crippen LogP contribution >= 0.6 is 0 Å². The molecule has 3 heterocycles. The lowest BCUT2D eigenvalue weighted by Crippen LogP contribution is -2.50. The highest BCUT2D eigenvalue weighted by Crippen LogP contribution is 2.17. The van der Waals surface area contributed by atoms with Crippen LogP contribution in [0.25, 0.3) is 11.0 Å². The third-order valence-corrected chi connectivity index (χ3v) is 4.70. The zero-order chi connectivity index (χ0) is 18.1. The van der Waals surface area contributed by atoms with E-state index < -0.39 is 0 Å². The lowest BCUT2D eigenvalue weighted by molar-refractivity contribution is 0.0518. The number of imidazole rings is 1. The van der Waals surface area contributed by atoms with E-state index in [-0.39, 0.29) is 11.8 Å². The number of amides is 2. The van der Waals surface area contributed by atoms with E-state index in [9.17, 15) is 9.59 Å². The van der Waals surface area contributed by atoms with Crippen LogP contribution < -0.4 is 0 Å². The van der Waals surface area contributed by atoms with Crippen LogP contribution in [0.15, 0.2) is 41.0 Å². The molecule has 1 aliphatic rings. The lowest BCUT2D eigenvalue weighted by atomic mass is 10.1. The van der Waals surface area contributed by atoms with Crippen molar-refractivity contribution in [3.05, 3.63) is 53.7 Å². The molecule has 0 aliphatic carbocycles. The van der Waals surface area contributed by atoms with Crippen LogP contribution in [0.3, 0.4) is 0 Å². The van der Waals surface area contributed by atoms with Crippen molar-refractivity contribution in [1.82, 2.24) is 19.8 Å². The normalized spacial score (nSPS) is 14.8. The summed E-state index contributed by atoms with van der Waals surface area (Å²) < 4.78 is 5.16. The molecule has 2 amide bonds. The van der Waals surface area contributed by atoms with Crippen molar-refractivity contribution < 1.29 is 14.0 Å². The van der Waals surface area contributed by atoms with Gasteiger partial charge in [-0.2, -0.15) is 0 Å². The van der Waals surface area contributed by atoms with Crippen molar-refractivity contribution in [2.45, 2.75) is 13.3 Å². The molecule has 0 bridgehead atoms. The number of aromatic amines is 1. The van der Waals surface area contributed by atoms with Gasteiger partial charge in [-0.1, -0.05) is 6.92 Å². The number of nitrogens with one attached hydrogen (secondary N) is 1. The fourth-order valence-corrected chi connectivity index (χ4v) is 3.21.